The third-order valence-corrected chi connectivity index (χ3v) is 8.19. The molecule has 1 amide bonds. The maximum atomic E-state index is 13.3. The number of halogens is 1. The van der Waals surface area contributed by atoms with Crippen molar-refractivity contribution in [3.05, 3.63) is 58.4 Å². The monoisotopic (exact) mass is 488 g/mol. The Balaban J connectivity index is 1.47. The molecule has 2 aromatic carbocycles. The van der Waals surface area contributed by atoms with Crippen LogP contribution in [0.25, 0.3) is 11.4 Å². The van der Waals surface area contributed by atoms with Crippen LogP contribution in [0, 0.1) is 26.7 Å². The third kappa shape index (κ3) is 4.95. The standard InChI is InChI=1S/C23H25ClN4O4S/c1-14-4-5-15(2)20(12-14)26-23(29)17-8-10-28(11-9-17)33(30,31)21-13-18(6-7-19(21)24)22-25-16(3)32-27-22/h4-7,12-13,17H,8-11H2,1-3H3,(H,26,29). The van der Waals surface area contributed by atoms with Crippen LogP contribution in [0.15, 0.2) is 45.8 Å². The second-order valence-electron chi connectivity index (χ2n) is 8.27. The van der Waals surface area contributed by atoms with E-state index in [1.807, 2.05) is 32.0 Å². The second-order valence-corrected chi connectivity index (χ2v) is 10.6. The van der Waals surface area contributed by atoms with Crippen molar-refractivity contribution < 1.29 is 17.7 Å². The Kier molecular flexibility index (Phi) is 6.56. The Morgan fingerprint density at radius 3 is 2.52 bits per heavy atom. The van der Waals surface area contributed by atoms with Gasteiger partial charge in [0.05, 0.1) is 5.02 Å². The largest absolute Gasteiger partial charge is 0.339 e. The molecule has 0 spiro atoms. The average molecular weight is 489 g/mol. The fraction of sp³-hybridized carbons (Fsp3) is 0.348. The molecule has 3 aromatic rings. The molecule has 0 saturated carbocycles. The Morgan fingerprint density at radius 1 is 1.12 bits per heavy atom. The summed E-state index contributed by atoms with van der Waals surface area (Å²) in [4.78, 5) is 16.9. The molecule has 1 saturated heterocycles. The number of aromatic nitrogens is 2. The molecule has 2 heterocycles. The zero-order chi connectivity index (χ0) is 23.8. The van der Waals surface area contributed by atoms with Crippen molar-refractivity contribution in [2.45, 2.75) is 38.5 Å². The lowest BCUT2D eigenvalue weighted by molar-refractivity contribution is -0.120. The van der Waals surface area contributed by atoms with E-state index in [2.05, 4.69) is 15.5 Å². The lowest BCUT2D eigenvalue weighted by atomic mass is 9.97. The zero-order valence-corrected chi connectivity index (χ0v) is 20.2. The SMILES string of the molecule is Cc1ccc(C)c(NC(=O)C2CCN(S(=O)(=O)c3cc(-c4noc(C)n4)ccc3Cl)CC2)c1. The highest BCUT2D eigenvalue weighted by Crippen LogP contribution is 2.32. The van der Waals surface area contributed by atoms with E-state index in [4.69, 9.17) is 16.1 Å². The highest BCUT2D eigenvalue weighted by Gasteiger charge is 2.33. The molecule has 0 atom stereocenters. The van der Waals surface area contributed by atoms with Gasteiger partial charge >= 0.3 is 0 Å². The normalized spacial score (nSPS) is 15.5. The number of anilines is 1. The number of carbonyl (C=O) groups is 1. The van der Waals surface area contributed by atoms with Crippen molar-refractivity contribution >= 4 is 33.2 Å². The summed E-state index contributed by atoms with van der Waals surface area (Å²) in [5.74, 6) is 0.321. The minimum Gasteiger partial charge on any atom is -0.339 e. The van der Waals surface area contributed by atoms with Crippen molar-refractivity contribution in [1.29, 1.82) is 0 Å². The van der Waals surface area contributed by atoms with Gasteiger partial charge in [0.15, 0.2) is 0 Å². The third-order valence-electron chi connectivity index (χ3n) is 5.81. The van der Waals surface area contributed by atoms with E-state index in [9.17, 15) is 13.2 Å². The van der Waals surface area contributed by atoms with Gasteiger partial charge in [-0.3, -0.25) is 4.79 Å². The van der Waals surface area contributed by atoms with Crippen LogP contribution in [0.4, 0.5) is 5.69 Å². The number of sulfonamides is 1. The molecule has 1 aliphatic rings. The van der Waals surface area contributed by atoms with Crippen LogP contribution in [0.3, 0.4) is 0 Å². The molecule has 1 N–H and O–H groups in total. The molecule has 4 rings (SSSR count). The van der Waals surface area contributed by atoms with Crippen LogP contribution in [0.5, 0.6) is 0 Å². The topological polar surface area (TPSA) is 105 Å². The first-order chi connectivity index (χ1) is 15.6. The van der Waals surface area contributed by atoms with Crippen LogP contribution in [-0.2, 0) is 14.8 Å². The van der Waals surface area contributed by atoms with Crippen molar-refractivity contribution in [3.63, 3.8) is 0 Å². The molecule has 1 aromatic heterocycles. The molecule has 174 valence electrons. The van der Waals surface area contributed by atoms with Crippen LogP contribution < -0.4 is 5.32 Å². The number of amides is 1. The van der Waals surface area contributed by atoms with E-state index < -0.39 is 10.0 Å². The summed E-state index contributed by atoms with van der Waals surface area (Å²) in [5, 5.41) is 6.96. The van der Waals surface area contributed by atoms with Gasteiger partial charge in [0.2, 0.25) is 27.6 Å². The number of hydrogen-bond donors (Lipinski definition) is 1. The summed E-state index contributed by atoms with van der Waals surface area (Å²) in [7, 11) is -3.85. The van der Waals surface area contributed by atoms with Gasteiger partial charge in [-0.05, 0) is 62.1 Å². The molecule has 0 bridgehead atoms. The Labute approximate surface area is 198 Å². The first-order valence-corrected chi connectivity index (χ1v) is 12.5. The highest BCUT2D eigenvalue weighted by molar-refractivity contribution is 7.89. The van der Waals surface area contributed by atoms with E-state index in [0.717, 1.165) is 16.8 Å². The molecule has 1 fully saturated rings. The predicted octanol–water partition coefficient (Wildman–Crippen LogP) is 4.35. The predicted molar refractivity (Wildman–Crippen MR) is 126 cm³/mol. The molecule has 10 heteroatoms. The fourth-order valence-corrected chi connectivity index (χ4v) is 5.83. The maximum absolute atomic E-state index is 13.3. The zero-order valence-electron chi connectivity index (χ0n) is 18.6. The number of piperidine rings is 1. The van der Waals surface area contributed by atoms with Gasteiger partial charge in [0.1, 0.15) is 4.90 Å². The van der Waals surface area contributed by atoms with Gasteiger partial charge < -0.3 is 9.84 Å². The summed E-state index contributed by atoms with van der Waals surface area (Å²) in [6.45, 7) is 6.03. The van der Waals surface area contributed by atoms with Gasteiger partial charge in [0, 0.05) is 37.2 Å². The summed E-state index contributed by atoms with van der Waals surface area (Å²) >= 11 is 6.26. The molecule has 8 nitrogen and oxygen atoms in total. The van der Waals surface area contributed by atoms with Gasteiger partial charge in [-0.25, -0.2) is 8.42 Å². The molecule has 0 radical (unpaired) electrons. The highest BCUT2D eigenvalue weighted by atomic mass is 35.5. The minimum absolute atomic E-state index is 0.0117. The lowest BCUT2D eigenvalue weighted by Crippen LogP contribution is -2.41. The van der Waals surface area contributed by atoms with Gasteiger partial charge in [-0.1, -0.05) is 28.9 Å². The number of carbonyl (C=O) groups excluding carboxylic acids is 1. The van der Waals surface area contributed by atoms with Gasteiger partial charge in [-0.15, -0.1) is 0 Å². The number of aryl methyl sites for hydroxylation is 3. The smallest absolute Gasteiger partial charge is 0.244 e. The number of nitrogens with one attached hydrogen (secondary N) is 1. The molecule has 0 unspecified atom stereocenters. The first kappa shape index (κ1) is 23.4. The first-order valence-electron chi connectivity index (χ1n) is 10.6. The van der Waals surface area contributed by atoms with Gasteiger partial charge in [0.25, 0.3) is 0 Å². The van der Waals surface area contributed by atoms with Gasteiger partial charge in [-0.2, -0.15) is 9.29 Å². The fourth-order valence-electron chi connectivity index (χ4n) is 3.86. The maximum Gasteiger partial charge on any atom is 0.244 e. The van der Waals surface area contributed by atoms with Crippen LogP contribution in [-0.4, -0.2) is 41.9 Å². The van der Waals surface area contributed by atoms with Crippen molar-refractivity contribution in [1.82, 2.24) is 14.4 Å². The number of benzene rings is 2. The van der Waals surface area contributed by atoms with E-state index in [0.29, 0.717) is 30.1 Å². The lowest BCUT2D eigenvalue weighted by Gasteiger charge is -2.31. The van der Waals surface area contributed by atoms with Crippen LogP contribution in [0.2, 0.25) is 5.02 Å². The number of nitrogens with zero attached hydrogens (tertiary/aromatic N) is 3. The molecule has 33 heavy (non-hydrogen) atoms. The number of rotatable bonds is 5. The van der Waals surface area contributed by atoms with Crippen molar-refractivity contribution in [2.75, 3.05) is 18.4 Å². The minimum atomic E-state index is -3.85. The molecular formula is C23H25ClN4O4S. The summed E-state index contributed by atoms with van der Waals surface area (Å²) in [6.07, 6.45) is 0.856. The Morgan fingerprint density at radius 2 is 1.85 bits per heavy atom. The Bertz CT molecular complexity index is 1300. The number of hydrogen-bond acceptors (Lipinski definition) is 6. The Hall–Kier alpha value is -2.75. The quantitative estimate of drug-likeness (QED) is 0.572. The molecular weight excluding hydrogens is 464 g/mol. The molecule has 1 aliphatic heterocycles. The van der Waals surface area contributed by atoms with Crippen LogP contribution in [0.1, 0.15) is 29.9 Å². The summed E-state index contributed by atoms with van der Waals surface area (Å²) in [5.41, 5.74) is 3.33. The van der Waals surface area contributed by atoms with Crippen molar-refractivity contribution in [2.24, 2.45) is 5.92 Å². The molecule has 0 aliphatic carbocycles. The van der Waals surface area contributed by atoms with E-state index >= 15 is 0 Å². The summed E-state index contributed by atoms with van der Waals surface area (Å²) in [6, 6.07) is 10.5. The van der Waals surface area contributed by atoms with Crippen molar-refractivity contribution in [3.8, 4) is 11.4 Å². The van der Waals surface area contributed by atoms with E-state index in [1.54, 1.807) is 13.0 Å². The average Bonchev–Trinajstić information content (AvgIpc) is 3.22. The summed E-state index contributed by atoms with van der Waals surface area (Å²) < 4.78 is 33.0. The second kappa shape index (κ2) is 9.24. The van der Waals surface area contributed by atoms with E-state index in [-0.39, 0.29) is 34.8 Å². The van der Waals surface area contributed by atoms with E-state index in [1.165, 1.54) is 16.4 Å². The van der Waals surface area contributed by atoms with Crippen LogP contribution >= 0.6 is 11.6 Å².